The highest BCUT2D eigenvalue weighted by atomic mass is 127. The molecule has 3 N–H and O–H groups in total. The summed E-state index contributed by atoms with van der Waals surface area (Å²) in [6, 6.07) is 19.2. The van der Waals surface area contributed by atoms with Crippen LogP contribution in [0.5, 0.6) is 17.2 Å². The average Bonchev–Trinajstić information content (AvgIpc) is 3.06. The first kappa shape index (κ1) is 33.9. The highest BCUT2D eigenvalue weighted by Crippen LogP contribution is 2.37. The van der Waals surface area contributed by atoms with Crippen LogP contribution in [0.1, 0.15) is 27.9 Å². The van der Waals surface area contributed by atoms with Gasteiger partial charge in [-0.25, -0.2) is 0 Å². The van der Waals surface area contributed by atoms with Crippen LogP contribution >= 0.6 is 22.6 Å². The van der Waals surface area contributed by atoms with E-state index in [0.717, 1.165) is 11.1 Å². The third-order valence-corrected chi connectivity index (χ3v) is 8.39. The van der Waals surface area contributed by atoms with E-state index in [1.54, 1.807) is 18.1 Å². The molecule has 1 aliphatic carbocycles. The number of carbonyl (C=O) groups excluding carboxylic acids is 3. The second kappa shape index (κ2) is 16.4. The molecule has 4 rings (SSSR count). The minimum absolute atomic E-state index is 0.0399. The lowest BCUT2D eigenvalue weighted by Gasteiger charge is -2.41. The first-order chi connectivity index (χ1) is 21.8. The van der Waals surface area contributed by atoms with E-state index >= 15 is 0 Å². The van der Waals surface area contributed by atoms with E-state index in [1.165, 1.54) is 19.3 Å². The molecular formula is C34H37IN2O8. The van der Waals surface area contributed by atoms with Gasteiger partial charge in [0.15, 0.2) is 11.5 Å². The molecule has 2 amide bonds. The van der Waals surface area contributed by atoms with Crippen LogP contribution in [0.4, 0.5) is 0 Å². The lowest BCUT2D eigenvalue weighted by Crippen LogP contribution is -2.56. The summed E-state index contributed by atoms with van der Waals surface area (Å²) in [5.41, 5.74) is 2.40. The Labute approximate surface area is 276 Å². The number of ether oxygens (including phenoxy) is 3. The van der Waals surface area contributed by atoms with Crippen molar-refractivity contribution in [2.45, 2.75) is 37.5 Å². The van der Waals surface area contributed by atoms with E-state index in [4.69, 9.17) is 14.2 Å². The van der Waals surface area contributed by atoms with E-state index in [9.17, 15) is 24.6 Å². The summed E-state index contributed by atoms with van der Waals surface area (Å²) in [5, 5.41) is 23.8. The van der Waals surface area contributed by atoms with E-state index in [-0.39, 0.29) is 49.9 Å². The van der Waals surface area contributed by atoms with Crippen LogP contribution in [0, 0.1) is 3.57 Å². The summed E-state index contributed by atoms with van der Waals surface area (Å²) in [7, 11) is 3.03. The van der Waals surface area contributed by atoms with Crippen molar-refractivity contribution >= 4 is 40.7 Å². The summed E-state index contributed by atoms with van der Waals surface area (Å²) in [4.78, 5) is 40.3. The number of nitrogens with zero attached hydrogens (tertiary/aromatic N) is 1. The van der Waals surface area contributed by atoms with Gasteiger partial charge < -0.3 is 34.6 Å². The van der Waals surface area contributed by atoms with Crippen LogP contribution in [0.25, 0.3) is 0 Å². The number of methoxy groups -OCH3 is 2. The standard InChI is InChI=1S/C34H37IN2O8/c1-43-28-11-7-6-10-24(28)12-14-37(31(40)18-22-8-4-3-5-9-22)27-19-25(34(42)36-13-15-38)20-29(32(27)41)45-33-26(35)16-23(21-39)17-30(33)44-2/h3-11,16-17,20-21,27,29,32,38,41H,12-15,18-19H2,1-2H3,(H,36,42)/t27-,29+,32+/m1/s1. The number of benzene rings is 3. The Kier molecular flexibility index (Phi) is 12.4. The first-order valence-electron chi connectivity index (χ1n) is 14.5. The minimum atomic E-state index is -1.23. The number of rotatable bonds is 14. The lowest BCUT2D eigenvalue weighted by atomic mass is 9.87. The molecule has 11 heteroatoms. The molecule has 0 saturated carbocycles. The Balaban J connectivity index is 1.72. The zero-order valence-corrected chi connectivity index (χ0v) is 27.3. The zero-order valence-electron chi connectivity index (χ0n) is 25.1. The number of para-hydroxylation sites is 1. The minimum Gasteiger partial charge on any atom is -0.496 e. The van der Waals surface area contributed by atoms with Gasteiger partial charge in [-0.3, -0.25) is 14.4 Å². The number of carbonyl (C=O) groups is 3. The summed E-state index contributed by atoms with van der Waals surface area (Å²) < 4.78 is 17.9. The molecule has 45 heavy (non-hydrogen) atoms. The molecular weight excluding hydrogens is 691 g/mol. The van der Waals surface area contributed by atoms with Crippen molar-refractivity contribution in [1.29, 1.82) is 0 Å². The third-order valence-electron chi connectivity index (χ3n) is 7.59. The largest absolute Gasteiger partial charge is 0.496 e. The average molecular weight is 729 g/mol. The van der Waals surface area contributed by atoms with E-state index in [0.29, 0.717) is 33.2 Å². The normalized spacial score (nSPS) is 17.5. The van der Waals surface area contributed by atoms with Crippen LogP contribution in [0.15, 0.2) is 78.4 Å². The molecule has 0 spiro atoms. The molecule has 3 aromatic carbocycles. The highest BCUT2D eigenvalue weighted by molar-refractivity contribution is 14.1. The molecule has 0 aromatic heterocycles. The van der Waals surface area contributed by atoms with Crippen molar-refractivity contribution in [2.24, 2.45) is 0 Å². The van der Waals surface area contributed by atoms with Gasteiger partial charge in [-0.15, -0.1) is 0 Å². The van der Waals surface area contributed by atoms with Gasteiger partial charge in [-0.1, -0.05) is 48.5 Å². The molecule has 0 radical (unpaired) electrons. The number of hydrogen-bond donors (Lipinski definition) is 3. The molecule has 0 heterocycles. The monoisotopic (exact) mass is 728 g/mol. The molecule has 0 aliphatic heterocycles. The smallest absolute Gasteiger partial charge is 0.247 e. The van der Waals surface area contributed by atoms with Crippen LogP contribution in [-0.4, -0.2) is 85.4 Å². The van der Waals surface area contributed by atoms with Crippen molar-refractivity contribution in [3.05, 3.63) is 98.6 Å². The van der Waals surface area contributed by atoms with Gasteiger partial charge in [0.1, 0.15) is 24.2 Å². The van der Waals surface area contributed by atoms with E-state index in [1.807, 2.05) is 77.2 Å². The molecule has 238 valence electrons. The van der Waals surface area contributed by atoms with Gasteiger partial charge in [-0.2, -0.15) is 0 Å². The van der Waals surface area contributed by atoms with Gasteiger partial charge in [0.05, 0.1) is 36.9 Å². The topological polar surface area (TPSA) is 135 Å². The molecule has 3 aromatic rings. The summed E-state index contributed by atoms with van der Waals surface area (Å²) in [6.45, 7) is 0.0310. The molecule has 3 atom stereocenters. The number of aldehydes is 1. The Morgan fingerprint density at radius 3 is 2.44 bits per heavy atom. The molecule has 0 fully saturated rings. The van der Waals surface area contributed by atoms with E-state index < -0.39 is 24.2 Å². The fraction of sp³-hybridized carbons (Fsp3) is 0.324. The van der Waals surface area contributed by atoms with Crippen LogP contribution in [0.2, 0.25) is 0 Å². The predicted octanol–water partition coefficient (Wildman–Crippen LogP) is 3.35. The third kappa shape index (κ3) is 8.62. The molecule has 10 nitrogen and oxygen atoms in total. The fourth-order valence-electron chi connectivity index (χ4n) is 5.34. The maximum atomic E-state index is 14.0. The van der Waals surface area contributed by atoms with Crippen molar-refractivity contribution in [3.63, 3.8) is 0 Å². The maximum absolute atomic E-state index is 14.0. The van der Waals surface area contributed by atoms with Crippen LogP contribution in [-0.2, 0) is 22.4 Å². The molecule has 0 unspecified atom stereocenters. The molecule has 0 saturated heterocycles. The Morgan fingerprint density at radius 1 is 1.04 bits per heavy atom. The predicted molar refractivity (Wildman–Crippen MR) is 177 cm³/mol. The van der Waals surface area contributed by atoms with Gasteiger partial charge in [0.25, 0.3) is 0 Å². The van der Waals surface area contributed by atoms with Gasteiger partial charge >= 0.3 is 0 Å². The van der Waals surface area contributed by atoms with E-state index in [2.05, 4.69) is 5.32 Å². The van der Waals surface area contributed by atoms with Crippen LogP contribution in [0.3, 0.4) is 0 Å². The number of halogens is 1. The quantitative estimate of drug-likeness (QED) is 0.170. The summed E-state index contributed by atoms with van der Waals surface area (Å²) in [5.74, 6) is 0.594. The van der Waals surface area contributed by atoms with Gasteiger partial charge in [0, 0.05) is 30.6 Å². The molecule has 0 bridgehead atoms. The Hall–Kier alpha value is -3.94. The second-order valence-electron chi connectivity index (χ2n) is 10.5. The molecule has 1 aliphatic rings. The summed E-state index contributed by atoms with van der Waals surface area (Å²) in [6.07, 6.45) is 0.537. The zero-order chi connectivity index (χ0) is 32.3. The maximum Gasteiger partial charge on any atom is 0.247 e. The van der Waals surface area contributed by atoms with Crippen LogP contribution < -0.4 is 19.5 Å². The lowest BCUT2D eigenvalue weighted by molar-refractivity contribution is -0.137. The van der Waals surface area contributed by atoms with Crippen molar-refractivity contribution in [1.82, 2.24) is 10.2 Å². The SMILES string of the molecule is COc1ccccc1CCN(C(=O)Cc1ccccc1)[C@@H]1CC(C(=O)NCCO)=C[C@H](Oc2c(I)cc(C=O)cc2OC)[C@H]1O. The number of aliphatic hydroxyl groups is 2. The van der Waals surface area contributed by atoms with Gasteiger partial charge in [0.2, 0.25) is 11.8 Å². The number of amides is 2. The Bertz CT molecular complexity index is 1510. The number of nitrogens with one attached hydrogen (secondary N) is 1. The number of aliphatic hydroxyl groups excluding tert-OH is 2. The Morgan fingerprint density at radius 2 is 1.76 bits per heavy atom. The van der Waals surface area contributed by atoms with Gasteiger partial charge in [-0.05, 0) is 64.4 Å². The van der Waals surface area contributed by atoms with Crippen molar-refractivity contribution < 1.29 is 38.8 Å². The van der Waals surface area contributed by atoms with Crippen molar-refractivity contribution in [3.8, 4) is 17.2 Å². The first-order valence-corrected chi connectivity index (χ1v) is 15.6. The number of hydrogen-bond acceptors (Lipinski definition) is 8. The fourth-order valence-corrected chi connectivity index (χ4v) is 6.09. The highest BCUT2D eigenvalue weighted by Gasteiger charge is 2.41. The second-order valence-corrected chi connectivity index (χ2v) is 11.6. The summed E-state index contributed by atoms with van der Waals surface area (Å²) >= 11 is 2.02. The van der Waals surface area contributed by atoms with Crippen molar-refractivity contribution in [2.75, 3.05) is 33.9 Å².